The van der Waals surface area contributed by atoms with Crippen LogP contribution >= 0.6 is 0 Å². The molecule has 0 spiro atoms. The Morgan fingerprint density at radius 3 is 2.69 bits per heavy atom. The van der Waals surface area contributed by atoms with Crippen LogP contribution in [0.5, 0.6) is 5.75 Å². The number of nitrogens with zero attached hydrogens (tertiary/aromatic N) is 1. The van der Waals surface area contributed by atoms with E-state index in [0.29, 0.717) is 12.3 Å². The number of hydrogen-bond donors (Lipinski definition) is 2. The summed E-state index contributed by atoms with van der Waals surface area (Å²) in [6, 6.07) is 16.5. The van der Waals surface area contributed by atoms with Crippen LogP contribution in [0.4, 0.5) is 10.5 Å². The molecule has 2 aromatic rings. The van der Waals surface area contributed by atoms with Crippen LogP contribution in [0.3, 0.4) is 0 Å². The van der Waals surface area contributed by atoms with Crippen molar-refractivity contribution in [3.63, 3.8) is 0 Å². The highest BCUT2D eigenvalue weighted by Crippen LogP contribution is 2.25. The second-order valence-corrected chi connectivity index (χ2v) is 6.36. The first-order chi connectivity index (χ1) is 12.6. The quantitative estimate of drug-likeness (QED) is 0.868. The van der Waals surface area contributed by atoms with Gasteiger partial charge in [-0.2, -0.15) is 0 Å². The number of nitrogens with one attached hydrogen (secondary N) is 2. The lowest BCUT2D eigenvalue weighted by Crippen LogP contribution is -2.44. The van der Waals surface area contributed by atoms with Gasteiger partial charge in [-0.15, -0.1) is 0 Å². The van der Waals surface area contributed by atoms with E-state index >= 15 is 0 Å². The average molecular weight is 353 g/mol. The molecule has 1 aliphatic heterocycles. The first-order valence-corrected chi connectivity index (χ1v) is 8.63. The lowest BCUT2D eigenvalue weighted by atomic mass is 10.1. The van der Waals surface area contributed by atoms with E-state index in [9.17, 15) is 9.59 Å². The molecule has 0 radical (unpaired) electrons. The van der Waals surface area contributed by atoms with E-state index in [1.807, 2.05) is 61.5 Å². The predicted molar refractivity (Wildman–Crippen MR) is 100 cm³/mol. The first kappa shape index (κ1) is 17.8. The Kier molecular flexibility index (Phi) is 5.41. The number of rotatable bonds is 5. The lowest BCUT2D eigenvalue weighted by Gasteiger charge is -2.19. The van der Waals surface area contributed by atoms with Gasteiger partial charge in [-0.05, 0) is 24.6 Å². The molecule has 3 rings (SSSR count). The van der Waals surface area contributed by atoms with Crippen LogP contribution in [-0.4, -0.2) is 31.6 Å². The van der Waals surface area contributed by atoms with Crippen LogP contribution in [0.1, 0.15) is 24.9 Å². The molecule has 0 bridgehead atoms. The molecule has 2 unspecified atom stereocenters. The van der Waals surface area contributed by atoms with Gasteiger partial charge in [-0.25, -0.2) is 4.79 Å². The van der Waals surface area contributed by atoms with Gasteiger partial charge in [0.05, 0.1) is 19.2 Å². The normalized spacial score (nSPS) is 17.7. The van der Waals surface area contributed by atoms with Gasteiger partial charge >= 0.3 is 6.03 Å². The smallest absolute Gasteiger partial charge is 0.315 e. The minimum Gasteiger partial charge on any atom is -0.497 e. The fraction of sp³-hybridized carbons (Fsp3) is 0.300. The highest BCUT2D eigenvalue weighted by Gasteiger charge is 2.32. The third-order valence-corrected chi connectivity index (χ3v) is 4.47. The summed E-state index contributed by atoms with van der Waals surface area (Å²) in [5.41, 5.74) is 1.81. The number of methoxy groups -OCH3 is 1. The Morgan fingerprint density at radius 1 is 1.19 bits per heavy atom. The molecule has 1 fully saturated rings. The zero-order valence-electron chi connectivity index (χ0n) is 14.9. The van der Waals surface area contributed by atoms with Crippen molar-refractivity contribution in [2.45, 2.75) is 25.4 Å². The summed E-state index contributed by atoms with van der Waals surface area (Å²) in [7, 11) is 1.59. The Labute approximate surface area is 153 Å². The molecule has 0 saturated carbocycles. The van der Waals surface area contributed by atoms with Gasteiger partial charge in [0.2, 0.25) is 5.91 Å². The monoisotopic (exact) mass is 353 g/mol. The third-order valence-electron chi connectivity index (χ3n) is 4.47. The molecule has 26 heavy (non-hydrogen) atoms. The van der Waals surface area contributed by atoms with Gasteiger partial charge in [0.1, 0.15) is 5.75 Å². The van der Waals surface area contributed by atoms with Crippen LogP contribution in [0, 0.1) is 0 Å². The highest BCUT2D eigenvalue weighted by atomic mass is 16.5. The van der Waals surface area contributed by atoms with Gasteiger partial charge in [0.15, 0.2) is 0 Å². The zero-order chi connectivity index (χ0) is 18.5. The van der Waals surface area contributed by atoms with Crippen molar-refractivity contribution in [1.82, 2.24) is 10.6 Å². The highest BCUT2D eigenvalue weighted by molar-refractivity contribution is 5.97. The van der Waals surface area contributed by atoms with Crippen molar-refractivity contribution in [3.05, 3.63) is 60.2 Å². The van der Waals surface area contributed by atoms with Crippen molar-refractivity contribution < 1.29 is 14.3 Å². The number of ether oxygens (including phenoxy) is 1. The molecule has 6 heteroatoms. The Balaban J connectivity index is 1.57. The fourth-order valence-corrected chi connectivity index (χ4v) is 3.08. The van der Waals surface area contributed by atoms with Crippen molar-refractivity contribution in [3.8, 4) is 5.75 Å². The lowest BCUT2D eigenvalue weighted by molar-refractivity contribution is -0.117. The molecular weight excluding hydrogens is 330 g/mol. The van der Waals surface area contributed by atoms with Crippen molar-refractivity contribution in [2.24, 2.45) is 0 Å². The summed E-state index contributed by atoms with van der Waals surface area (Å²) < 4.78 is 5.21. The van der Waals surface area contributed by atoms with Crippen LogP contribution in [0.2, 0.25) is 0 Å². The molecule has 2 N–H and O–H groups in total. The fourth-order valence-electron chi connectivity index (χ4n) is 3.08. The van der Waals surface area contributed by atoms with Crippen LogP contribution in [0.25, 0.3) is 0 Å². The van der Waals surface area contributed by atoms with E-state index in [4.69, 9.17) is 4.74 Å². The second-order valence-electron chi connectivity index (χ2n) is 6.36. The Hall–Kier alpha value is -3.02. The first-order valence-electron chi connectivity index (χ1n) is 8.63. The standard InChI is InChI=1S/C20H23N3O3/c1-14(15-7-4-3-5-8-15)21-20(25)22-16-11-19(24)23(13-16)17-9-6-10-18(12-17)26-2/h3-10,12,14,16H,11,13H2,1-2H3,(H2,21,22,25). The molecule has 0 aromatic heterocycles. The largest absolute Gasteiger partial charge is 0.497 e. The van der Waals surface area contributed by atoms with Crippen molar-refractivity contribution >= 4 is 17.6 Å². The molecule has 1 heterocycles. The summed E-state index contributed by atoms with van der Waals surface area (Å²) in [6.07, 6.45) is 0.282. The molecule has 136 valence electrons. The number of urea groups is 1. The minimum absolute atomic E-state index is 0.0142. The van der Waals surface area contributed by atoms with E-state index in [-0.39, 0.29) is 30.4 Å². The maximum absolute atomic E-state index is 12.3. The number of amides is 3. The summed E-state index contributed by atoms with van der Waals surface area (Å²) in [5, 5.41) is 5.81. The summed E-state index contributed by atoms with van der Waals surface area (Å²) in [6.45, 7) is 2.37. The second kappa shape index (κ2) is 7.91. The summed E-state index contributed by atoms with van der Waals surface area (Å²) in [4.78, 5) is 26.3. The number of carbonyl (C=O) groups is 2. The Morgan fingerprint density at radius 2 is 1.96 bits per heavy atom. The molecule has 1 saturated heterocycles. The SMILES string of the molecule is COc1cccc(N2CC(NC(=O)NC(C)c3ccccc3)CC2=O)c1. The molecule has 2 aromatic carbocycles. The zero-order valence-corrected chi connectivity index (χ0v) is 14.9. The van der Waals surface area contributed by atoms with Crippen LogP contribution in [0.15, 0.2) is 54.6 Å². The van der Waals surface area contributed by atoms with Crippen molar-refractivity contribution in [1.29, 1.82) is 0 Å². The van der Waals surface area contributed by atoms with E-state index < -0.39 is 0 Å². The molecule has 3 amide bonds. The molecule has 1 aliphatic rings. The summed E-state index contributed by atoms with van der Waals surface area (Å²) in [5.74, 6) is 0.681. The topological polar surface area (TPSA) is 70.7 Å². The van der Waals surface area contributed by atoms with E-state index in [1.165, 1.54) is 0 Å². The van der Waals surface area contributed by atoms with Crippen molar-refractivity contribution in [2.75, 3.05) is 18.6 Å². The van der Waals surface area contributed by atoms with Crippen LogP contribution < -0.4 is 20.3 Å². The minimum atomic E-state index is -0.272. The number of anilines is 1. The third kappa shape index (κ3) is 4.14. The molecule has 6 nitrogen and oxygen atoms in total. The molecule has 0 aliphatic carbocycles. The number of carbonyl (C=O) groups excluding carboxylic acids is 2. The summed E-state index contributed by atoms with van der Waals surface area (Å²) >= 11 is 0. The van der Waals surface area contributed by atoms with Gasteiger partial charge in [0.25, 0.3) is 0 Å². The number of hydrogen-bond acceptors (Lipinski definition) is 3. The number of benzene rings is 2. The van der Waals surface area contributed by atoms with E-state index in [1.54, 1.807) is 12.0 Å². The predicted octanol–water partition coefficient (Wildman–Crippen LogP) is 2.86. The van der Waals surface area contributed by atoms with E-state index in [2.05, 4.69) is 10.6 Å². The van der Waals surface area contributed by atoms with Gasteiger partial charge in [0, 0.05) is 24.7 Å². The maximum atomic E-state index is 12.3. The molecular formula is C20H23N3O3. The van der Waals surface area contributed by atoms with Crippen LogP contribution in [-0.2, 0) is 4.79 Å². The Bertz CT molecular complexity index is 779. The van der Waals surface area contributed by atoms with Gasteiger partial charge < -0.3 is 20.3 Å². The molecule has 2 atom stereocenters. The van der Waals surface area contributed by atoms with Gasteiger partial charge in [-0.1, -0.05) is 36.4 Å². The van der Waals surface area contributed by atoms with E-state index in [0.717, 1.165) is 11.3 Å². The average Bonchev–Trinajstić information content (AvgIpc) is 3.02. The maximum Gasteiger partial charge on any atom is 0.315 e. The van der Waals surface area contributed by atoms with Gasteiger partial charge in [-0.3, -0.25) is 4.79 Å².